The molecule has 0 aromatic carbocycles. The van der Waals surface area contributed by atoms with Crippen molar-refractivity contribution in [2.75, 3.05) is 32.5 Å². The van der Waals surface area contributed by atoms with Gasteiger partial charge in [-0.1, -0.05) is 29.9 Å². The fourth-order valence-electron chi connectivity index (χ4n) is 3.87. The summed E-state index contributed by atoms with van der Waals surface area (Å²) < 4.78 is 2.34. The first-order chi connectivity index (χ1) is 13.0. The maximum atomic E-state index is 4.77. The molecule has 27 heavy (non-hydrogen) atoms. The van der Waals surface area contributed by atoms with Gasteiger partial charge in [-0.2, -0.15) is 0 Å². The molecule has 4 nitrogen and oxygen atoms in total. The first-order valence-electron chi connectivity index (χ1n) is 9.85. The molecule has 2 aromatic rings. The van der Waals surface area contributed by atoms with Crippen molar-refractivity contribution in [3.8, 4) is 0 Å². The van der Waals surface area contributed by atoms with Gasteiger partial charge in [-0.25, -0.2) is 4.98 Å². The number of anilines is 1. The van der Waals surface area contributed by atoms with E-state index in [-0.39, 0.29) is 0 Å². The monoisotopic (exact) mass is 364 g/mol. The largest absolute Gasteiger partial charge is 0.369 e. The minimum absolute atomic E-state index is 0.935. The minimum Gasteiger partial charge on any atom is -0.369 e. The van der Waals surface area contributed by atoms with Crippen molar-refractivity contribution in [1.29, 1.82) is 0 Å². The molecule has 2 heterocycles. The Morgan fingerprint density at radius 2 is 2.15 bits per heavy atom. The second-order valence-electron chi connectivity index (χ2n) is 7.65. The summed E-state index contributed by atoms with van der Waals surface area (Å²) in [5.41, 5.74) is 6.66. The zero-order valence-electron chi connectivity index (χ0n) is 17.3. The Morgan fingerprint density at radius 1 is 1.33 bits per heavy atom. The Balaban J connectivity index is 2.04. The summed E-state index contributed by atoms with van der Waals surface area (Å²) in [6.07, 6.45) is 16.1. The van der Waals surface area contributed by atoms with Crippen molar-refractivity contribution in [2.45, 2.75) is 33.1 Å². The summed E-state index contributed by atoms with van der Waals surface area (Å²) in [5.74, 6) is 1.02. The Labute approximate surface area is 163 Å². The van der Waals surface area contributed by atoms with Crippen LogP contribution < -0.4 is 5.32 Å². The molecule has 0 unspecified atom stereocenters. The average Bonchev–Trinajstić information content (AvgIpc) is 2.80. The van der Waals surface area contributed by atoms with Gasteiger partial charge in [0.1, 0.15) is 5.82 Å². The highest BCUT2D eigenvalue weighted by Crippen LogP contribution is 2.36. The van der Waals surface area contributed by atoms with Crippen LogP contribution in [0.3, 0.4) is 0 Å². The van der Waals surface area contributed by atoms with Crippen LogP contribution in [-0.4, -0.2) is 41.6 Å². The normalized spacial score (nSPS) is 15.9. The number of hydrogen-bond donors (Lipinski definition) is 1. The van der Waals surface area contributed by atoms with Gasteiger partial charge in [-0.3, -0.25) is 0 Å². The number of pyridine rings is 1. The highest BCUT2D eigenvalue weighted by Gasteiger charge is 2.21. The summed E-state index contributed by atoms with van der Waals surface area (Å²) in [4.78, 5) is 6.99. The van der Waals surface area contributed by atoms with E-state index in [1.807, 2.05) is 6.20 Å². The number of fused-ring (bicyclic) bond motifs is 3. The van der Waals surface area contributed by atoms with Gasteiger partial charge >= 0.3 is 0 Å². The van der Waals surface area contributed by atoms with Gasteiger partial charge in [-0.05, 0) is 71.0 Å². The van der Waals surface area contributed by atoms with Crippen LogP contribution >= 0.6 is 0 Å². The summed E-state index contributed by atoms with van der Waals surface area (Å²) in [6.45, 7) is 6.23. The highest BCUT2D eigenvalue weighted by atomic mass is 15.1. The van der Waals surface area contributed by atoms with E-state index in [4.69, 9.17) is 4.98 Å². The van der Waals surface area contributed by atoms with Crippen molar-refractivity contribution >= 4 is 22.8 Å². The SMILES string of the molecule is C/C=C\C=C1\CC=Cc2c(c3c(NCCCN(C)C)ncc(C)c3n2C)C1. The third-order valence-electron chi connectivity index (χ3n) is 5.20. The van der Waals surface area contributed by atoms with Gasteiger partial charge in [0.25, 0.3) is 0 Å². The topological polar surface area (TPSA) is 33.1 Å². The fraction of sp³-hybridized carbons (Fsp3) is 0.435. The summed E-state index contributed by atoms with van der Waals surface area (Å²) >= 11 is 0. The van der Waals surface area contributed by atoms with Crippen LogP contribution in [0.4, 0.5) is 5.82 Å². The van der Waals surface area contributed by atoms with Crippen LogP contribution in [0.15, 0.2) is 36.1 Å². The van der Waals surface area contributed by atoms with E-state index in [2.05, 4.69) is 80.2 Å². The molecular weight excluding hydrogens is 332 g/mol. The predicted molar refractivity (Wildman–Crippen MR) is 117 cm³/mol. The average molecular weight is 365 g/mol. The molecular formula is C23H32N4. The molecule has 0 bridgehead atoms. The van der Waals surface area contributed by atoms with E-state index >= 15 is 0 Å². The molecule has 0 saturated heterocycles. The molecule has 0 saturated carbocycles. The van der Waals surface area contributed by atoms with Gasteiger partial charge in [0.2, 0.25) is 0 Å². The second-order valence-corrected chi connectivity index (χ2v) is 7.65. The number of nitrogens with one attached hydrogen (secondary N) is 1. The zero-order valence-corrected chi connectivity index (χ0v) is 17.3. The lowest BCUT2D eigenvalue weighted by atomic mass is 10.0. The van der Waals surface area contributed by atoms with Gasteiger partial charge in [0, 0.05) is 30.9 Å². The Morgan fingerprint density at radius 3 is 2.89 bits per heavy atom. The van der Waals surface area contributed by atoms with Crippen LogP contribution in [0.1, 0.15) is 36.6 Å². The predicted octanol–water partition coefficient (Wildman–Crippen LogP) is 4.71. The van der Waals surface area contributed by atoms with E-state index in [9.17, 15) is 0 Å². The summed E-state index contributed by atoms with van der Waals surface area (Å²) in [7, 11) is 6.41. The van der Waals surface area contributed by atoms with Crippen molar-refractivity contribution < 1.29 is 0 Å². The molecule has 1 N–H and O–H groups in total. The van der Waals surface area contributed by atoms with Crippen LogP contribution in [0.5, 0.6) is 0 Å². The summed E-state index contributed by atoms with van der Waals surface area (Å²) in [6, 6.07) is 0. The molecule has 0 spiro atoms. The van der Waals surface area contributed by atoms with E-state index in [1.54, 1.807) is 0 Å². The third kappa shape index (κ3) is 4.16. The Kier molecular flexibility index (Phi) is 6.17. The van der Waals surface area contributed by atoms with Crippen LogP contribution in [0.25, 0.3) is 17.0 Å². The molecule has 2 aromatic heterocycles. The van der Waals surface area contributed by atoms with E-state index in [0.29, 0.717) is 0 Å². The smallest absolute Gasteiger partial charge is 0.135 e. The fourth-order valence-corrected chi connectivity index (χ4v) is 3.87. The van der Waals surface area contributed by atoms with Gasteiger partial charge < -0.3 is 14.8 Å². The third-order valence-corrected chi connectivity index (χ3v) is 5.20. The van der Waals surface area contributed by atoms with Crippen molar-refractivity contribution in [3.63, 3.8) is 0 Å². The van der Waals surface area contributed by atoms with Crippen molar-refractivity contribution in [2.24, 2.45) is 7.05 Å². The van der Waals surface area contributed by atoms with E-state index in [0.717, 1.165) is 38.2 Å². The number of allylic oxidation sites excluding steroid dienone is 5. The lowest BCUT2D eigenvalue weighted by molar-refractivity contribution is 0.405. The molecule has 1 aliphatic carbocycles. The van der Waals surface area contributed by atoms with E-state index in [1.165, 1.54) is 33.3 Å². The lowest BCUT2D eigenvalue weighted by Gasteiger charge is -2.12. The molecule has 0 atom stereocenters. The second kappa shape index (κ2) is 8.57. The number of rotatable bonds is 6. The number of aromatic nitrogens is 2. The summed E-state index contributed by atoms with van der Waals surface area (Å²) in [5, 5.41) is 4.89. The first-order valence-corrected chi connectivity index (χ1v) is 9.85. The number of aryl methyl sites for hydroxylation is 2. The first kappa shape index (κ1) is 19.4. The van der Waals surface area contributed by atoms with Gasteiger partial charge in [0.05, 0.1) is 5.52 Å². The molecule has 0 aliphatic heterocycles. The van der Waals surface area contributed by atoms with Crippen LogP contribution in [0.2, 0.25) is 0 Å². The standard InChI is InChI=1S/C23H32N4/c1-6-7-10-18-11-8-12-20-19(15-18)21-22(27(20)5)17(2)16-25-23(21)24-13-9-14-26(3)4/h6-8,10,12,16H,9,11,13-15H2,1-5H3,(H,24,25)/b7-6-,18-10-. The molecule has 3 rings (SSSR count). The highest BCUT2D eigenvalue weighted by molar-refractivity contribution is 5.98. The Hall–Kier alpha value is -2.33. The number of nitrogens with zero attached hydrogens (tertiary/aromatic N) is 3. The number of hydrogen-bond acceptors (Lipinski definition) is 3. The lowest BCUT2D eigenvalue weighted by Crippen LogP contribution is -2.16. The van der Waals surface area contributed by atoms with Crippen LogP contribution in [0, 0.1) is 6.92 Å². The molecule has 4 heteroatoms. The van der Waals surface area contributed by atoms with E-state index < -0.39 is 0 Å². The zero-order chi connectivity index (χ0) is 19.4. The molecule has 1 aliphatic rings. The molecule has 144 valence electrons. The van der Waals surface area contributed by atoms with Gasteiger partial charge in [0.15, 0.2) is 0 Å². The molecule has 0 fully saturated rings. The maximum Gasteiger partial charge on any atom is 0.135 e. The molecule has 0 amide bonds. The maximum absolute atomic E-state index is 4.77. The van der Waals surface area contributed by atoms with Crippen molar-refractivity contribution in [1.82, 2.24) is 14.5 Å². The van der Waals surface area contributed by atoms with Crippen molar-refractivity contribution in [3.05, 3.63) is 52.9 Å². The minimum atomic E-state index is 0.935. The molecule has 0 radical (unpaired) electrons. The van der Waals surface area contributed by atoms with Gasteiger partial charge in [-0.15, -0.1) is 0 Å². The van der Waals surface area contributed by atoms with Crippen LogP contribution in [-0.2, 0) is 13.5 Å². The quantitative estimate of drug-likeness (QED) is 0.754. The Bertz CT molecular complexity index is 897.